The largest absolute Gasteiger partial charge is 0.497 e. The summed E-state index contributed by atoms with van der Waals surface area (Å²) in [6, 6.07) is 11.1. The Morgan fingerprint density at radius 2 is 2.00 bits per heavy atom. The lowest BCUT2D eigenvalue weighted by molar-refractivity contribution is 0.101. The highest BCUT2D eigenvalue weighted by atomic mass is 16.5. The van der Waals surface area contributed by atoms with Gasteiger partial charge in [0.2, 0.25) is 5.78 Å². The maximum Gasteiger partial charge on any atom is 0.230 e. The maximum atomic E-state index is 12.8. The molecule has 24 heavy (non-hydrogen) atoms. The Bertz CT molecular complexity index is 939. The summed E-state index contributed by atoms with van der Waals surface area (Å²) in [6.45, 7) is 0. The lowest BCUT2D eigenvalue weighted by Crippen LogP contribution is -2.05. The zero-order valence-corrected chi connectivity index (χ0v) is 13.6. The van der Waals surface area contributed by atoms with Gasteiger partial charge < -0.3 is 14.9 Å². The van der Waals surface area contributed by atoms with Crippen molar-refractivity contribution in [2.45, 2.75) is 25.7 Å². The van der Waals surface area contributed by atoms with Crippen LogP contribution in [0, 0.1) is 0 Å². The summed E-state index contributed by atoms with van der Waals surface area (Å²) in [4.78, 5) is 12.8. The van der Waals surface area contributed by atoms with Crippen molar-refractivity contribution in [2.24, 2.45) is 0 Å². The monoisotopic (exact) mass is 321 g/mol. The molecule has 2 aromatic carbocycles. The number of ether oxygens (including phenoxy) is 1. The van der Waals surface area contributed by atoms with Gasteiger partial charge in [0.25, 0.3) is 0 Å². The van der Waals surface area contributed by atoms with Crippen LogP contribution in [0.15, 0.2) is 40.8 Å². The Labute approximate surface area is 140 Å². The minimum atomic E-state index is -0.216. The van der Waals surface area contributed by atoms with E-state index >= 15 is 0 Å². The van der Waals surface area contributed by atoms with E-state index in [1.807, 2.05) is 6.07 Å². The second kappa shape index (κ2) is 5.71. The van der Waals surface area contributed by atoms with Gasteiger partial charge in [0.15, 0.2) is 5.76 Å². The molecule has 2 N–H and O–H groups in total. The smallest absolute Gasteiger partial charge is 0.230 e. The molecule has 122 valence electrons. The van der Waals surface area contributed by atoms with Gasteiger partial charge in [-0.25, -0.2) is 0 Å². The Kier molecular flexibility index (Phi) is 3.53. The van der Waals surface area contributed by atoms with Crippen molar-refractivity contribution in [3.63, 3.8) is 0 Å². The highest BCUT2D eigenvalue weighted by molar-refractivity contribution is 6.15. The van der Waals surface area contributed by atoms with E-state index in [1.165, 1.54) is 17.5 Å². The molecule has 1 aliphatic rings. The molecule has 1 aliphatic carbocycles. The molecule has 0 fully saturated rings. The fourth-order valence-corrected chi connectivity index (χ4v) is 3.53. The van der Waals surface area contributed by atoms with Crippen molar-refractivity contribution in [3.05, 3.63) is 58.8 Å². The molecule has 0 radical (unpaired) electrons. The topological polar surface area (TPSA) is 65.5 Å². The number of benzene rings is 2. The van der Waals surface area contributed by atoms with Gasteiger partial charge in [-0.1, -0.05) is 18.2 Å². The van der Waals surface area contributed by atoms with Gasteiger partial charge in [-0.2, -0.15) is 0 Å². The molecule has 0 saturated carbocycles. The van der Waals surface area contributed by atoms with Crippen LogP contribution in [0.5, 0.6) is 5.75 Å². The minimum absolute atomic E-state index is 0.216. The van der Waals surface area contributed by atoms with Crippen molar-refractivity contribution in [2.75, 3.05) is 12.8 Å². The van der Waals surface area contributed by atoms with Gasteiger partial charge in [0.05, 0.1) is 12.8 Å². The molecular weight excluding hydrogens is 302 g/mol. The minimum Gasteiger partial charge on any atom is -0.497 e. The molecule has 0 saturated heterocycles. The highest BCUT2D eigenvalue weighted by Gasteiger charge is 2.24. The second-order valence-corrected chi connectivity index (χ2v) is 6.19. The van der Waals surface area contributed by atoms with E-state index in [2.05, 4.69) is 6.07 Å². The van der Waals surface area contributed by atoms with E-state index in [0.29, 0.717) is 22.6 Å². The number of ketones is 1. The first-order valence-electron chi connectivity index (χ1n) is 8.20. The standard InChI is InChI=1S/C20H19NO3/c1-23-14-7-4-6-13(11-14)19(22)20-18(21)17-15-8-3-2-5-12(15)9-10-16(17)24-20/h4,6-7,9-11H,2-3,5,8,21H2,1H3. The van der Waals surface area contributed by atoms with E-state index in [0.717, 1.165) is 24.6 Å². The number of nitrogens with two attached hydrogens (primary N) is 1. The number of carbonyl (C=O) groups excluding carboxylic acids is 1. The van der Waals surface area contributed by atoms with E-state index < -0.39 is 0 Å². The summed E-state index contributed by atoms with van der Waals surface area (Å²) in [5.41, 5.74) is 10.5. The van der Waals surface area contributed by atoms with Crippen molar-refractivity contribution in [1.29, 1.82) is 0 Å². The molecule has 0 aliphatic heterocycles. The summed E-state index contributed by atoms with van der Waals surface area (Å²) in [6.07, 6.45) is 4.40. The van der Waals surface area contributed by atoms with Crippen LogP contribution in [0.3, 0.4) is 0 Å². The highest BCUT2D eigenvalue weighted by Crippen LogP contribution is 2.37. The van der Waals surface area contributed by atoms with Crippen LogP contribution < -0.4 is 10.5 Å². The Morgan fingerprint density at radius 1 is 1.17 bits per heavy atom. The number of rotatable bonds is 3. The van der Waals surface area contributed by atoms with Crippen LogP contribution in [-0.2, 0) is 12.8 Å². The number of nitrogen functional groups attached to an aromatic ring is 1. The van der Waals surface area contributed by atoms with Gasteiger partial charge in [-0.15, -0.1) is 0 Å². The number of aryl methyl sites for hydroxylation is 2. The molecule has 1 aromatic heterocycles. The average molecular weight is 321 g/mol. The van der Waals surface area contributed by atoms with Gasteiger partial charge in [0.1, 0.15) is 11.3 Å². The maximum absolute atomic E-state index is 12.8. The van der Waals surface area contributed by atoms with E-state index in [4.69, 9.17) is 14.9 Å². The van der Waals surface area contributed by atoms with Crippen LogP contribution in [0.1, 0.15) is 40.1 Å². The fraction of sp³-hybridized carbons (Fsp3) is 0.250. The van der Waals surface area contributed by atoms with E-state index in [-0.39, 0.29) is 11.5 Å². The van der Waals surface area contributed by atoms with Gasteiger partial charge in [0, 0.05) is 10.9 Å². The third kappa shape index (κ3) is 2.26. The van der Waals surface area contributed by atoms with Crippen LogP contribution in [-0.4, -0.2) is 12.9 Å². The molecule has 0 amide bonds. The molecule has 4 nitrogen and oxygen atoms in total. The van der Waals surface area contributed by atoms with Crippen LogP contribution in [0.4, 0.5) is 5.69 Å². The summed E-state index contributed by atoms with van der Waals surface area (Å²) in [7, 11) is 1.57. The summed E-state index contributed by atoms with van der Waals surface area (Å²) < 4.78 is 11.0. The normalized spacial score (nSPS) is 13.7. The van der Waals surface area contributed by atoms with Crippen LogP contribution in [0.2, 0.25) is 0 Å². The summed E-state index contributed by atoms with van der Waals surface area (Å²) >= 11 is 0. The lowest BCUT2D eigenvalue weighted by atomic mass is 9.89. The van der Waals surface area contributed by atoms with E-state index in [1.54, 1.807) is 31.4 Å². The predicted octanol–water partition coefficient (Wildman–Crippen LogP) is 4.13. The summed E-state index contributed by atoms with van der Waals surface area (Å²) in [5.74, 6) is 0.636. The molecule has 4 heteroatoms. The number of methoxy groups -OCH3 is 1. The van der Waals surface area contributed by atoms with Crippen molar-refractivity contribution in [3.8, 4) is 5.75 Å². The first-order valence-corrected chi connectivity index (χ1v) is 8.20. The fourth-order valence-electron chi connectivity index (χ4n) is 3.53. The molecule has 0 bridgehead atoms. The molecule has 0 atom stereocenters. The predicted molar refractivity (Wildman–Crippen MR) is 93.7 cm³/mol. The zero-order valence-electron chi connectivity index (χ0n) is 13.6. The van der Waals surface area contributed by atoms with Crippen molar-refractivity contribution < 1.29 is 13.9 Å². The molecular formula is C20H19NO3. The molecule has 0 unspecified atom stereocenters. The van der Waals surface area contributed by atoms with Crippen molar-refractivity contribution >= 4 is 22.4 Å². The average Bonchev–Trinajstić information content (AvgIpc) is 2.98. The Morgan fingerprint density at radius 3 is 2.83 bits per heavy atom. The number of carbonyl (C=O) groups is 1. The number of anilines is 1. The quantitative estimate of drug-likeness (QED) is 0.737. The van der Waals surface area contributed by atoms with Crippen molar-refractivity contribution in [1.82, 2.24) is 0 Å². The first kappa shape index (κ1) is 14.8. The zero-order chi connectivity index (χ0) is 16.7. The first-order chi connectivity index (χ1) is 11.7. The molecule has 4 rings (SSSR count). The summed E-state index contributed by atoms with van der Waals surface area (Å²) in [5, 5.41) is 0.915. The third-order valence-corrected chi connectivity index (χ3v) is 4.76. The lowest BCUT2D eigenvalue weighted by Gasteiger charge is -2.16. The number of hydrogen-bond acceptors (Lipinski definition) is 4. The number of furan rings is 1. The van der Waals surface area contributed by atoms with Gasteiger partial charge >= 0.3 is 0 Å². The third-order valence-electron chi connectivity index (χ3n) is 4.76. The molecule has 1 heterocycles. The number of fused-ring (bicyclic) bond motifs is 3. The molecule has 0 spiro atoms. The van der Waals surface area contributed by atoms with E-state index in [9.17, 15) is 4.79 Å². The Hall–Kier alpha value is -2.75. The van der Waals surface area contributed by atoms with Gasteiger partial charge in [-0.05, 0) is 55.0 Å². The number of hydrogen-bond donors (Lipinski definition) is 1. The van der Waals surface area contributed by atoms with Crippen LogP contribution >= 0.6 is 0 Å². The Balaban J connectivity index is 1.85. The van der Waals surface area contributed by atoms with Gasteiger partial charge in [-0.3, -0.25) is 4.79 Å². The van der Waals surface area contributed by atoms with Crippen LogP contribution in [0.25, 0.3) is 11.0 Å². The SMILES string of the molecule is COc1cccc(C(=O)c2oc3ccc4c(c3c2N)CCCC4)c1. The second-order valence-electron chi connectivity index (χ2n) is 6.19. The molecule has 3 aromatic rings.